The molecule has 4 bridgehead atoms. The Morgan fingerprint density at radius 1 is 0.897 bits per heavy atom. The van der Waals surface area contributed by atoms with Crippen molar-refractivity contribution in [2.24, 2.45) is 23.2 Å². The van der Waals surface area contributed by atoms with E-state index < -0.39 is 0 Å². The summed E-state index contributed by atoms with van der Waals surface area (Å²) in [5.41, 5.74) is 1.81. The lowest BCUT2D eigenvalue weighted by Gasteiger charge is -2.48. The topological polar surface area (TPSA) is 35.6 Å². The third kappa shape index (κ3) is 4.69. The molecule has 2 atom stereocenters. The van der Waals surface area contributed by atoms with E-state index in [1.807, 2.05) is 0 Å². The predicted molar refractivity (Wildman–Crippen MR) is 116 cm³/mol. The summed E-state index contributed by atoms with van der Waals surface area (Å²) in [6, 6.07) is 10.7. The van der Waals surface area contributed by atoms with Crippen LogP contribution in [0.1, 0.15) is 50.5 Å². The van der Waals surface area contributed by atoms with Gasteiger partial charge < -0.3 is 5.32 Å². The molecule has 1 N–H and O–H groups in total. The van der Waals surface area contributed by atoms with Gasteiger partial charge in [-0.15, -0.1) is 0 Å². The van der Waals surface area contributed by atoms with Crippen LogP contribution in [0.4, 0.5) is 0 Å². The molecule has 29 heavy (non-hydrogen) atoms. The standard InChI is InChI=1S/C25H37N3O/c29-24(18-28-10-8-27(9-11-28)17-20-4-2-1-3-5-20)26-19-25-14-21-6-7-22(15-25)13-23(12-21)16-25/h1-5,21-23H,6-19H2,(H,26,29)/t21-,22-,23?,25?/m1/s1. The van der Waals surface area contributed by atoms with Gasteiger partial charge in [-0.25, -0.2) is 0 Å². The van der Waals surface area contributed by atoms with E-state index in [9.17, 15) is 4.79 Å². The first kappa shape index (κ1) is 19.6. The SMILES string of the molecule is O=C(CN1CCN(Cc2ccccc2)CC1)NCC12CC3C[C@@H](CC[C@H](C3)C1)C2. The Kier molecular flexibility index (Phi) is 5.66. The number of rotatable bonds is 6. The second kappa shape index (κ2) is 8.39. The number of fused-ring (bicyclic) bond motifs is 1. The van der Waals surface area contributed by atoms with Crippen LogP contribution in [0.3, 0.4) is 0 Å². The molecule has 4 saturated carbocycles. The van der Waals surface area contributed by atoms with Crippen molar-refractivity contribution in [2.45, 2.75) is 51.5 Å². The first-order valence-corrected chi connectivity index (χ1v) is 11.9. The Balaban J connectivity index is 1.06. The van der Waals surface area contributed by atoms with Crippen molar-refractivity contribution < 1.29 is 4.79 Å². The van der Waals surface area contributed by atoms with Crippen LogP contribution in [0.5, 0.6) is 0 Å². The summed E-state index contributed by atoms with van der Waals surface area (Å²) in [7, 11) is 0. The first-order valence-electron chi connectivity index (χ1n) is 11.9. The summed E-state index contributed by atoms with van der Waals surface area (Å²) in [5.74, 6) is 3.08. The number of piperazine rings is 1. The van der Waals surface area contributed by atoms with Gasteiger partial charge in [-0.3, -0.25) is 14.6 Å². The maximum absolute atomic E-state index is 12.7. The lowest BCUT2D eigenvalue weighted by atomic mass is 9.58. The van der Waals surface area contributed by atoms with Gasteiger partial charge in [-0.2, -0.15) is 0 Å². The monoisotopic (exact) mass is 395 g/mol. The minimum atomic E-state index is 0.246. The van der Waals surface area contributed by atoms with Gasteiger partial charge in [0.2, 0.25) is 5.91 Å². The molecule has 1 amide bonds. The van der Waals surface area contributed by atoms with Gasteiger partial charge in [-0.1, -0.05) is 43.2 Å². The van der Waals surface area contributed by atoms with Crippen molar-refractivity contribution in [1.29, 1.82) is 0 Å². The quantitative estimate of drug-likeness (QED) is 0.800. The third-order valence-corrected chi connectivity index (χ3v) is 8.22. The molecular weight excluding hydrogens is 358 g/mol. The minimum absolute atomic E-state index is 0.246. The normalized spacial score (nSPS) is 34.8. The lowest BCUT2D eigenvalue weighted by Crippen LogP contribution is -2.51. The number of nitrogens with zero attached hydrogens (tertiary/aromatic N) is 2. The Labute approximate surface area is 176 Å². The van der Waals surface area contributed by atoms with E-state index in [0.717, 1.165) is 57.0 Å². The molecule has 5 aliphatic rings. The van der Waals surface area contributed by atoms with Crippen LogP contribution < -0.4 is 5.32 Å². The molecule has 4 heteroatoms. The fourth-order valence-electron chi connectivity index (χ4n) is 7.08. The largest absolute Gasteiger partial charge is 0.354 e. The van der Waals surface area contributed by atoms with Gasteiger partial charge in [0.1, 0.15) is 0 Å². The van der Waals surface area contributed by atoms with E-state index in [1.54, 1.807) is 0 Å². The van der Waals surface area contributed by atoms with Crippen molar-refractivity contribution >= 4 is 5.91 Å². The Bertz CT molecular complexity index is 681. The fraction of sp³-hybridized carbons (Fsp3) is 0.720. The zero-order chi connectivity index (χ0) is 19.7. The Hall–Kier alpha value is -1.39. The highest BCUT2D eigenvalue weighted by Crippen LogP contribution is 2.57. The highest BCUT2D eigenvalue weighted by atomic mass is 16.2. The molecule has 1 aromatic rings. The van der Waals surface area contributed by atoms with Gasteiger partial charge in [0.15, 0.2) is 0 Å². The van der Waals surface area contributed by atoms with Crippen molar-refractivity contribution in [1.82, 2.24) is 15.1 Å². The van der Waals surface area contributed by atoms with Crippen molar-refractivity contribution in [3.8, 4) is 0 Å². The van der Waals surface area contributed by atoms with Crippen LogP contribution >= 0.6 is 0 Å². The van der Waals surface area contributed by atoms with Gasteiger partial charge in [0.25, 0.3) is 0 Å². The average molecular weight is 396 g/mol. The molecule has 1 aliphatic heterocycles. The molecule has 0 aromatic heterocycles. The van der Waals surface area contributed by atoms with Gasteiger partial charge in [-0.05, 0) is 60.8 Å². The predicted octanol–water partition coefficient (Wildman–Crippen LogP) is 3.53. The number of hydrogen-bond donors (Lipinski definition) is 1. The van der Waals surface area contributed by atoms with Gasteiger partial charge >= 0.3 is 0 Å². The van der Waals surface area contributed by atoms with Crippen molar-refractivity contribution in [3.63, 3.8) is 0 Å². The summed E-state index contributed by atoms with van der Waals surface area (Å²) >= 11 is 0. The number of amides is 1. The number of nitrogens with one attached hydrogen (secondary N) is 1. The maximum Gasteiger partial charge on any atom is 0.234 e. The Morgan fingerprint density at radius 2 is 1.52 bits per heavy atom. The minimum Gasteiger partial charge on any atom is -0.354 e. The summed E-state index contributed by atoms with van der Waals surface area (Å²) in [6.07, 6.45) is 9.96. The van der Waals surface area contributed by atoms with E-state index in [2.05, 4.69) is 45.4 Å². The van der Waals surface area contributed by atoms with Crippen LogP contribution in [0.25, 0.3) is 0 Å². The van der Waals surface area contributed by atoms with Crippen molar-refractivity contribution in [2.75, 3.05) is 39.3 Å². The second-order valence-electron chi connectivity index (χ2n) is 10.6. The number of carbonyl (C=O) groups excluding carboxylic acids is 1. The van der Waals surface area contributed by atoms with E-state index in [4.69, 9.17) is 0 Å². The Morgan fingerprint density at radius 3 is 2.21 bits per heavy atom. The molecule has 1 saturated heterocycles. The summed E-state index contributed by atoms with van der Waals surface area (Å²) < 4.78 is 0. The van der Waals surface area contributed by atoms with Gasteiger partial charge in [0, 0.05) is 39.3 Å². The van der Waals surface area contributed by atoms with Crippen LogP contribution in [0, 0.1) is 23.2 Å². The molecule has 4 nitrogen and oxygen atoms in total. The molecule has 1 heterocycles. The summed E-state index contributed by atoms with van der Waals surface area (Å²) in [5, 5.41) is 3.37. The highest BCUT2D eigenvalue weighted by Gasteiger charge is 2.48. The maximum atomic E-state index is 12.7. The zero-order valence-electron chi connectivity index (χ0n) is 17.8. The van der Waals surface area contributed by atoms with Crippen LogP contribution in [0.15, 0.2) is 30.3 Å². The fourth-order valence-corrected chi connectivity index (χ4v) is 7.08. The summed E-state index contributed by atoms with van der Waals surface area (Å²) in [4.78, 5) is 17.5. The third-order valence-electron chi connectivity index (χ3n) is 8.22. The molecule has 0 spiro atoms. The average Bonchev–Trinajstić information content (AvgIpc) is 2.94. The lowest BCUT2D eigenvalue weighted by molar-refractivity contribution is -0.123. The molecule has 6 rings (SSSR count). The zero-order valence-corrected chi connectivity index (χ0v) is 17.8. The van der Waals surface area contributed by atoms with Crippen LogP contribution in [0.2, 0.25) is 0 Å². The number of carbonyl (C=O) groups is 1. The van der Waals surface area contributed by atoms with Crippen LogP contribution in [-0.4, -0.2) is 55.0 Å². The highest BCUT2D eigenvalue weighted by molar-refractivity contribution is 5.78. The van der Waals surface area contributed by atoms with E-state index in [1.165, 1.54) is 50.5 Å². The van der Waals surface area contributed by atoms with E-state index in [-0.39, 0.29) is 5.91 Å². The second-order valence-corrected chi connectivity index (χ2v) is 10.6. The number of hydrogen-bond acceptors (Lipinski definition) is 3. The number of benzene rings is 1. The molecule has 5 fully saturated rings. The molecule has 158 valence electrons. The van der Waals surface area contributed by atoms with E-state index in [0.29, 0.717) is 12.0 Å². The van der Waals surface area contributed by atoms with E-state index >= 15 is 0 Å². The molecule has 1 aromatic carbocycles. The first-order chi connectivity index (χ1) is 14.2. The molecule has 4 aliphatic carbocycles. The molecule has 0 radical (unpaired) electrons. The van der Waals surface area contributed by atoms with Crippen LogP contribution in [-0.2, 0) is 11.3 Å². The smallest absolute Gasteiger partial charge is 0.234 e. The summed E-state index contributed by atoms with van der Waals surface area (Å²) in [6.45, 7) is 6.63. The van der Waals surface area contributed by atoms with Crippen molar-refractivity contribution in [3.05, 3.63) is 35.9 Å². The van der Waals surface area contributed by atoms with Gasteiger partial charge in [0.05, 0.1) is 6.54 Å². The molecular formula is C25H37N3O. The molecule has 0 unspecified atom stereocenters.